The van der Waals surface area contributed by atoms with Gasteiger partial charge in [0.2, 0.25) is 0 Å². The maximum absolute atomic E-state index is 13.3. The van der Waals surface area contributed by atoms with Crippen molar-refractivity contribution in [3.63, 3.8) is 0 Å². The first-order chi connectivity index (χ1) is 9.65. The van der Waals surface area contributed by atoms with Crippen LogP contribution in [0.3, 0.4) is 0 Å². The lowest BCUT2D eigenvalue weighted by atomic mass is 10.3. The van der Waals surface area contributed by atoms with Crippen LogP contribution in [0.4, 0.5) is 19.6 Å². The molecule has 0 radical (unpaired) electrons. The summed E-state index contributed by atoms with van der Waals surface area (Å²) in [5, 5.41) is 3.66. The van der Waals surface area contributed by atoms with Gasteiger partial charge >= 0.3 is 0 Å². The number of hydrogen-bond donors (Lipinski definition) is 1. The molecule has 0 saturated carbocycles. The largest absolute Gasteiger partial charge is 0.494 e. The van der Waals surface area contributed by atoms with Gasteiger partial charge in [-0.25, -0.2) is 13.8 Å². The summed E-state index contributed by atoms with van der Waals surface area (Å²) in [6.07, 6.45) is 0. The number of thiazole rings is 1. The highest BCUT2D eigenvalue weighted by atomic mass is 32.1. The third-order valence-corrected chi connectivity index (χ3v) is 3.69. The van der Waals surface area contributed by atoms with Crippen molar-refractivity contribution in [2.24, 2.45) is 0 Å². The quantitative estimate of drug-likeness (QED) is 0.780. The summed E-state index contributed by atoms with van der Waals surface area (Å²) in [5.74, 6) is -0.567. The Morgan fingerprint density at radius 2 is 2.00 bits per heavy atom. The zero-order valence-corrected chi connectivity index (χ0v) is 11.3. The fourth-order valence-electron chi connectivity index (χ4n) is 1.81. The molecule has 0 aliphatic rings. The Hall–Kier alpha value is -2.21. The number of rotatable bonds is 3. The molecule has 0 atom stereocenters. The van der Waals surface area contributed by atoms with Crippen LogP contribution in [0.2, 0.25) is 0 Å². The van der Waals surface area contributed by atoms with E-state index in [2.05, 4.69) is 10.3 Å². The van der Waals surface area contributed by atoms with E-state index in [0.29, 0.717) is 16.3 Å². The molecule has 6 heteroatoms. The van der Waals surface area contributed by atoms with Gasteiger partial charge in [-0.1, -0.05) is 11.3 Å². The van der Waals surface area contributed by atoms with Crippen LogP contribution in [0.1, 0.15) is 0 Å². The number of methoxy groups -OCH3 is 1. The summed E-state index contributed by atoms with van der Waals surface area (Å²) in [6, 6.07) is 8.87. The molecule has 1 heterocycles. The average Bonchev–Trinajstić information content (AvgIpc) is 2.82. The Labute approximate surface area is 117 Å². The monoisotopic (exact) mass is 292 g/mol. The first-order valence-corrected chi connectivity index (χ1v) is 6.64. The summed E-state index contributed by atoms with van der Waals surface area (Å²) >= 11 is 1.33. The maximum Gasteiger partial charge on any atom is 0.188 e. The molecule has 3 rings (SSSR count). The summed E-state index contributed by atoms with van der Waals surface area (Å²) in [5.41, 5.74) is 1.37. The van der Waals surface area contributed by atoms with Gasteiger partial charge in [0.15, 0.2) is 16.7 Å². The number of nitrogens with zero attached hydrogens (tertiary/aromatic N) is 1. The summed E-state index contributed by atoms with van der Waals surface area (Å²) < 4.78 is 32.1. The van der Waals surface area contributed by atoms with Gasteiger partial charge in [-0.15, -0.1) is 0 Å². The minimum atomic E-state index is -0.426. The van der Waals surface area contributed by atoms with Gasteiger partial charge in [0, 0.05) is 11.8 Å². The molecular formula is C14H10F2N2OS. The van der Waals surface area contributed by atoms with Crippen molar-refractivity contribution in [1.82, 2.24) is 4.98 Å². The highest BCUT2D eigenvalue weighted by Gasteiger charge is 2.07. The van der Waals surface area contributed by atoms with E-state index in [4.69, 9.17) is 4.74 Å². The molecule has 0 unspecified atom stereocenters. The van der Waals surface area contributed by atoms with Gasteiger partial charge in [-0.3, -0.25) is 0 Å². The summed E-state index contributed by atoms with van der Waals surface area (Å²) in [4.78, 5) is 4.33. The highest BCUT2D eigenvalue weighted by molar-refractivity contribution is 7.22. The standard InChI is InChI=1S/C14H10F2N2OS/c1-19-12-7-9(3-4-10(12)16)17-14-18-11-5-2-8(15)6-13(11)20-14/h2-7H,1H3,(H,17,18). The van der Waals surface area contributed by atoms with Crippen LogP contribution in [0.25, 0.3) is 10.2 Å². The Morgan fingerprint density at radius 3 is 2.80 bits per heavy atom. The third-order valence-electron chi connectivity index (χ3n) is 2.75. The van der Waals surface area contributed by atoms with Gasteiger partial charge < -0.3 is 10.1 Å². The van der Waals surface area contributed by atoms with Crippen molar-refractivity contribution in [2.45, 2.75) is 0 Å². The zero-order chi connectivity index (χ0) is 14.1. The van der Waals surface area contributed by atoms with Crippen molar-refractivity contribution < 1.29 is 13.5 Å². The van der Waals surface area contributed by atoms with Crippen LogP contribution >= 0.6 is 11.3 Å². The fourth-order valence-corrected chi connectivity index (χ4v) is 2.72. The minimum absolute atomic E-state index is 0.155. The molecule has 1 N–H and O–H groups in total. The Kier molecular flexibility index (Phi) is 3.23. The van der Waals surface area contributed by atoms with Crippen molar-refractivity contribution in [1.29, 1.82) is 0 Å². The molecular weight excluding hydrogens is 282 g/mol. The molecule has 0 spiro atoms. The number of nitrogens with one attached hydrogen (secondary N) is 1. The average molecular weight is 292 g/mol. The molecule has 0 bridgehead atoms. The molecule has 0 amide bonds. The van der Waals surface area contributed by atoms with Crippen molar-refractivity contribution in [3.05, 3.63) is 48.0 Å². The Bertz CT molecular complexity index is 773. The lowest BCUT2D eigenvalue weighted by Gasteiger charge is -2.06. The SMILES string of the molecule is COc1cc(Nc2nc3ccc(F)cc3s2)ccc1F. The van der Waals surface area contributed by atoms with Gasteiger partial charge in [0.1, 0.15) is 5.82 Å². The first-order valence-electron chi connectivity index (χ1n) is 5.82. The molecule has 3 aromatic rings. The molecule has 0 aliphatic heterocycles. The van der Waals surface area contributed by atoms with Gasteiger partial charge in [0.05, 0.1) is 17.3 Å². The number of hydrogen-bond acceptors (Lipinski definition) is 4. The molecule has 102 valence electrons. The van der Waals surface area contributed by atoms with E-state index in [1.807, 2.05) is 0 Å². The van der Waals surface area contributed by atoms with E-state index in [-0.39, 0.29) is 11.6 Å². The number of aromatic nitrogens is 1. The number of halogens is 2. The number of benzene rings is 2. The van der Waals surface area contributed by atoms with Crippen LogP contribution < -0.4 is 10.1 Å². The molecule has 0 aliphatic carbocycles. The van der Waals surface area contributed by atoms with Crippen molar-refractivity contribution in [2.75, 3.05) is 12.4 Å². The Balaban J connectivity index is 1.92. The zero-order valence-electron chi connectivity index (χ0n) is 10.5. The lowest BCUT2D eigenvalue weighted by Crippen LogP contribution is -1.92. The normalized spacial score (nSPS) is 10.8. The third kappa shape index (κ3) is 2.42. The topological polar surface area (TPSA) is 34.1 Å². The fraction of sp³-hybridized carbons (Fsp3) is 0.0714. The highest BCUT2D eigenvalue weighted by Crippen LogP contribution is 2.30. The summed E-state index contributed by atoms with van der Waals surface area (Å²) in [7, 11) is 1.41. The van der Waals surface area contributed by atoms with Gasteiger partial charge in [0.25, 0.3) is 0 Å². The van der Waals surface area contributed by atoms with Crippen LogP contribution in [0.15, 0.2) is 36.4 Å². The first kappa shape index (κ1) is 12.8. The second kappa shape index (κ2) is 5.05. The molecule has 20 heavy (non-hydrogen) atoms. The van der Waals surface area contributed by atoms with E-state index in [1.165, 1.54) is 36.6 Å². The second-order valence-corrected chi connectivity index (χ2v) is 5.14. The van der Waals surface area contributed by atoms with E-state index < -0.39 is 5.82 Å². The molecule has 0 saturated heterocycles. The van der Waals surface area contributed by atoms with Gasteiger partial charge in [-0.2, -0.15) is 0 Å². The lowest BCUT2D eigenvalue weighted by molar-refractivity contribution is 0.387. The Morgan fingerprint density at radius 1 is 1.15 bits per heavy atom. The summed E-state index contributed by atoms with van der Waals surface area (Å²) in [6.45, 7) is 0. The maximum atomic E-state index is 13.3. The van der Waals surface area contributed by atoms with Crippen LogP contribution in [-0.4, -0.2) is 12.1 Å². The minimum Gasteiger partial charge on any atom is -0.494 e. The number of fused-ring (bicyclic) bond motifs is 1. The predicted molar refractivity (Wildman–Crippen MR) is 75.8 cm³/mol. The van der Waals surface area contributed by atoms with Crippen LogP contribution in [-0.2, 0) is 0 Å². The predicted octanol–water partition coefficient (Wildman–Crippen LogP) is 4.33. The van der Waals surface area contributed by atoms with Crippen molar-refractivity contribution >= 4 is 32.4 Å². The number of ether oxygens (including phenoxy) is 1. The van der Waals surface area contributed by atoms with E-state index in [9.17, 15) is 8.78 Å². The van der Waals surface area contributed by atoms with Gasteiger partial charge in [-0.05, 0) is 30.3 Å². The smallest absolute Gasteiger partial charge is 0.188 e. The molecule has 1 aromatic heterocycles. The van der Waals surface area contributed by atoms with Crippen LogP contribution in [0.5, 0.6) is 5.75 Å². The van der Waals surface area contributed by atoms with Crippen molar-refractivity contribution in [3.8, 4) is 5.75 Å². The van der Waals surface area contributed by atoms with E-state index >= 15 is 0 Å². The molecule has 3 nitrogen and oxygen atoms in total. The van der Waals surface area contributed by atoms with E-state index in [0.717, 1.165) is 4.70 Å². The molecule has 0 fully saturated rings. The van der Waals surface area contributed by atoms with E-state index in [1.54, 1.807) is 18.2 Å². The molecule has 2 aromatic carbocycles. The number of anilines is 2. The second-order valence-electron chi connectivity index (χ2n) is 4.11. The van der Waals surface area contributed by atoms with Crippen LogP contribution in [0, 0.1) is 11.6 Å².